The van der Waals surface area contributed by atoms with Crippen molar-refractivity contribution in [2.75, 3.05) is 38.9 Å². The molecule has 1 aliphatic rings. The smallest absolute Gasteiger partial charge is 0.329 e. The number of fused-ring (bicyclic) bond motifs is 1. The van der Waals surface area contributed by atoms with E-state index in [2.05, 4.69) is 10.2 Å². The van der Waals surface area contributed by atoms with Crippen LogP contribution in [0.3, 0.4) is 0 Å². The van der Waals surface area contributed by atoms with Crippen molar-refractivity contribution in [2.24, 2.45) is 0 Å². The highest BCUT2D eigenvalue weighted by molar-refractivity contribution is 7.99. The number of nitrogens with one attached hydrogen (secondary N) is 1. The number of aryl methyl sites for hydroxylation is 1. The highest BCUT2D eigenvalue weighted by Gasteiger charge is 2.39. The number of thioether (sulfide) groups is 1. The lowest BCUT2D eigenvalue weighted by atomic mass is 9.92. The number of carbonyl (C=O) groups excluding carboxylic acids is 2. The fourth-order valence-corrected chi connectivity index (χ4v) is 5.39. The van der Waals surface area contributed by atoms with Gasteiger partial charge in [0, 0.05) is 24.5 Å². The molecule has 236 valence electrons. The molecule has 43 heavy (non-hydrogen) atoms. The average molecular weight is 622 g/mol. The molecule has 0 saturated heterocycles. The Morgan fingerprint density at radius 3 is 2.33 bits per heavy atom. The minimum absolute atomic E-state index is 0.0478. The molecule has 0 saturated carbocycles. The van der Waals surface area contributed by atoms with Gasteiger partial charge in [-0.15, -0.1) is 0 Å². The van der Waals surface area contributed by atoms with E-state index in [1.807, 2.05) is 30.3 Å². The van der Waals surface area contributed by atoms with Crippen LogP contribution in [0.4, 0.5) is 0 Å². The van der Waals surface area contributed by atoms with Crippen molar-refractivity contribution in [2.45, 2.75) is 50.9 Å². The predicted molar refractivity (Wildman–Crippen MR) is 156 cm³/mol. The third kappa shape index (κ3) is 10.1. The van der Waals surface area contributed by atoms with Crippen molar-refractivity contribution in [3.63, 3.8) is 0 Å². The number of esters is 1. The summed E-state index contributed by atoms with van der Waals surface area (Å²) in [5.74, 6) is -0.260. The number of benzene rings is 2. The van der Waals surface area contributed by atoms with Crippen LogP contribution in [0.2, 0.25) is 0 Å². The predicted octanol–water partition coefficient (Wildman–Crippen LogP) is 2.31. The van der Waals surface area contributed by atoms with Crippen molar-refractivity contribution in [1.82, 2.24) is 15.6 Å². The number of carbonyl (C=O) groups is 3. The fraction of sp³-hybridized carbons (Fsp3) is 0.483. The van der Waals surface area contributed by atoms with Crippen LogP contribution in [0, 0.1) is 0 Å². The summed E-state index contributed by atoms with van der Waals surface area (Å²) >= 11 is 1.38. The normalized spacial score (nSPS) is 15.9. The van der Waals surface area contributed by atoms with E-state index in [0.717, 1.165) is 16.7 Å². The summed E-state index contributed by atoms with van der Waals surface area (Å²) in [4.78, 5) is 45.0. The van der Waals surface area contributed by atoms with E-state index in [0.29, 0.717) is 29.4 Å². The van der Waals surface area contributed by atoms with Crippen molar-refractivity contribution in [3.05, 3.63) is 59.2 Å². The van der Waals surface area contributed by atoms with Gasteiger partial charge in [0.15, 0.2) is 11.5 Å². The molecule has 0 fully saturated rings. The number of rotatable bonds is 17. The maximum absolute atomic E-state index is 13.8. The number of hydrogen-bond acceptors (Lipinski definition) is 12. The van der Waals surface area contributed by atoms with Gasteiger partial charge in [0.05, 0.1) is 32.3 Å². The first kappa shape index (κ1) is 34.1. The Kier molecular flexibility index (Phi) is 13.5. The van der Waals surface area contributed by atoms with Gasteiger partial charge in [-0.05, 0) is 48.6 Å². The van der Waals surface area contributed by atoms with E-state index >= 15 is 0 Å². The quantitative estimate of drug-likeness (QED) is 0.116. The summed E-state index contributed by atoms with van der Waals surface area (Å²) < 4.78 is 16.4. The molecule has 1 amide bonds. The maximum Gasteiger partial charge on any atom is 0.329 e. The number of amides is 1. The second kappa shape index (κ2) is 17.0. The number of methoxy groups -OCH3 is 2. The first-order valence-electron chi connectivity index (χ1n) is 13.8. The van der Waals surface area contributed by atoms with Crippen molar-refractivity contribution in [1.29, 1.82) is 0 Å². The van der Waals surface area contributed by atoms with Crippen molar-refractivity contribution < 1.29 is 49.0 Å². The Balaban J connectivity index is 1.72. The van der Waals surface area contributed by atoms with Gasteiger partial charge in [-0.25, -0.2) is 9.63 Å². The molecular formula is C29H39N3O10S. The molecule has 13 nitrogen and oxygen atoms in total. The summed E-state index contributed by atoms with van der Waals surface area (Å²) in [6.45, 7) is 1.79. The molecule has 2 aromatic rings. The van der Waals surface area contributed by atoms with Gasteiger partial charge in [-0.3, -0.25) is 25.3 Å². The van der Waals surface area contributed by atoms with Crippen LogP contribution in [-0.2, 0) is 43.3 Å². The number of aliphatic carboxylic acids is 1. The Morgan fingerprint density at radius 1 is 1.05 bits per heavy atom. The van der Waals surface area contributed by atoms with Crippen LogP contribution >= 0.6 is 11.8 Å². The Morgan fingerprint density at radius 2 is 1.70 bits per heavy atom. The van der Waals surface area contributed by atoms with Crippen LogP contribution in [0.15, 0.2) is 42.5 Å². The SMILES string of the molecule is COc1cc2c(cc1OC)CN(C(=O)C(C)NC(CCc1ccccc1)C(=O)O)C(C(=O)OCCSCCON(O)O)C2. The van der Waals surface area contributed by atoms with E-state index in [1.165, 1.54) is 30.9 Å². The van der Waals surface area contributed by atoms with Crippen LogP contribution < -0.4 is 14.8 Å². The van der Waals surface area contributed by atoms with E-state index < -0.39 is 36.0 Å². The van der Waals surface area contributed by atoms with Gasteiger partial charge in [0.25, 0.3) is 0 Å². The second-order valence-corrected chi connectivity index (χ2v) is 11.1. The van der Waals surface area contributed by atoms with Crippen molar-refractivity contribution in [3.8, 4) is 11.5 Å². The van der Waals surface area contributed by atoms with Gasteiger partial charge in [-0.2, -0.15) is 11.8 Å². The first-order valence-corrected chi connectivity index (χ1v) is 14.9. The fourth-order valence-electron chi connectivity index (χ4n) is 4.79. The van der Waals surface area contributed by atoms with E-state index in [1.54, 1.807) is 19.1 Å². The third-order valence-electron chi connectivity index (χ3n) is 6.98. The molecule has 3 unspecified atom stereocenters. The molecule has 1 aliphatic heterocycles. The molecule has 4 N–H and O–H groups in total. The molecule has 14 heteroatoms. The summed E-state index contributed by atoms with van der Waals surface area (Å²) in [5.41, 5.74) is 2.57. The largest absolute Gasteiger partial charge is 0.493 e. The lowest BCUT2D eigenvalue weighted by Crippen LogP contribution is -2.56. The van der Waals surface area contributed by atoms with E-state index in [9.17, 15) is 19.5 Å². The summed E-state index contributed by atoms with van der Waals surface area (Å²) in [6.07, 6.45) is 0.967. The zero-order valence-corrected chi connectivity index (χ0v) is 25.2. The molecule has 0 aromatic heterocycles. The molecule has 0 spiro atoms. The molecule has 0 aliphatic carbocycles. The van der Waals surface area contributed by atoms with E-state index in [4.69, 9.17) is 24.6 Å². The minimum atomic E-state index is -1.07. The topological polar surface area (TPSA) is 167 Å². The summed E-state index contributed by atoms with van der Waals surface area (Å²) in [5, 5.41) is 29.6. The van der Waals surface area contributed by atoms with Crippen LogP contribution in [0.1, 0.15) is 30.0 Å². The molecular weight excluding hydrogens is 582 g/mol. The zero-order chi connectivity index (χ0) is 31.4. The summed E-state index contributed by atoms with van der Waals surface area (Å²) in [6, 6.07) is 10.2. The molecule has 1 heterocycles. The molecule has 3 atom stereocenters. The van der Waals surface area contributed by atoms with Gasteiger partial charge < -0.3 is 24.2 Å². The number of hydrogen-bond donors (Lipinski definition) is 4. The first-order chi connectivity index (χ1) is 20.6. The van der Waals surface area contributed by atoms with Crippen LogP contribution in [0.25, 0.3) is 0 Å². The standard InChI is InChI=1S/C29H39N3O10S/c1-19(30-23(28(34)35)10-9-20-7-5-4-6-8-20)27(33)31-18-22-17-26(40-3)25(39-2)16-21(22)15-24(31)29(36)41-11-13-43-14-12-42-32(37)38/h4-8,16-17,19,23-24,30,37-38H,9-15,18H2,1-3H3,(H,34,35). The van der Waals surface area contributed by atoms with E-state index in [-0.39, 0.29) is 38.0 Å². The van der Waals surface area contributed by atoms with Crippen molar-refractivity contribution >= 4 is 29.6 Å². The lowest BCUT2D eigenvalue weighted by Gasteiger charge is -2.37. The minimum Gasteiger partial charge on any atom is -0.493 e. The van der Waals surface area contributed by atoms with Crippen LogP contribution in [-0.4, -0.2) is 101 Å². The zero-order valence-electron chi connectivity index (χ0n) is 24.4. The maximum atomic E-state index is 13.8. The van der Waals surface area contributed by atoms with Crippen LogP contribution in [0.5, 0.6) is 11.5 Å². The Hall–Kier alpha value is -3.40. The number of ether oxygens (including phenoxy) is 3. The Labute approximate surface area is 254 Å². The number of nitrogens with zero attached hydrogens (tertiary/aromatic N) is 2. The van der Waals surface area contributed by atoms with Gasteiger partial charge >= 0.3 is 11.9 Å². The molecule has 2 aromatic carbocycles. The van der Waals surface area contributed by atoms with Gasteiger partial charge in [-0.1, -0.05) is 30.3 Å². The monoisotopic (exact) mass is 621 g/mol. The second-order valence-electron chi connectivity index (χ2n) is 9.83. The molecule has 0 radical (unpaired) electrons. The van der Waals surface area contributed by atoms with Gasteiger partial charge in [0.2, 0.25) is 5.91 Å². The van der Waals surface area contributed by atoms with Gasteiger partial charge in [0.1, 0.15) is 18.7 Å². The highest BCUT2D eigenvalue weighted by atomic mass is 32.2. The third-order valence-corrected chi connectivity index (χ3v) is 7.89. The average Bonchev–Trinajstić information content (AvgIpc) is 3.00. The molecule has 3 rings (SSSR count). The number of carboxylic acid groups (broad SMARTS) is 1. The molecule has 0 bridgehead atoms. The lowest BCUT2D eigenvalue weighted by molar-refractivity contribution is -0.490. The highest BCUT2D eigenvalue weighted by Crippen LogP contribution is 2.35. The number of carboxylic acids is 1. The Bertz CT molecular complexity index is 1220. The summed E-state index contributed by atoms with van der Waals surface area (Å²) in [7, 11) is 3.03.